The molecule has 1 unspecified atom stereocenters. The number of cyclic esters (lactones) is 2. The van der Waals surface area contributed by atoms with E-state index in [2.05, 4.69) is 4.74 Å². The molecule has 0 aliphatic carbocycles. The molecule has 0 bridgehead atoms. The van der Waals surface area contributed by atoms with Crippen LogP contribution in [0.25, 0.3) is 0 Å². The van der Waals surface area contributed by atoms with Crippen molar-refractivity contribution in [1.29, 1.82) is 0 Å². The fourth-order valence-electron chi connectivity index (χ4n) is 1.65. The van der Waals surface area contributed by atoms with E-state index in [-0.39, 0.29) is 12.0 Å². The van der Waals surface area contributed by atoms with Gasteiger partial charge in [0.05, 0.1) is 12.3 Å². The molecule has 0 saturated carbocycles. The number of hydrogen-bond donors (Lipinski definition) is 0. The zero-order chi connectivity index (χ0) is 11.0. The van der Waals surface area contributed by atoms with Gasteiger partial charge in [-0.15, -0.1) is 0 Å². The lowest BCUT2D eigenvalue weighted by molar-refractivity contribution is -0.152. The summed E-state index contributed by atoms with van der Waals surface area (Å²) in [6, 6.07) is 4.78. The van der Waals surface area contributed by atoms with Gasteiger partial charge in [0.25, 0.3) is 0 Å². The van der Waals surface area contributed by atoms with Crippen LogP contribution in [-0.2, 0) is 14.3 Å². The summed E-state index contributed by atoms with van der Waals surface area (Å²) < 4.78 is 18.0. The minimum absolute atomic E-state index is 0.0702. The minimum Gasteiger partial charge on any atom is -0.393 e. The van der Waals surface area contributed by atoms with Crippen LogP contribution in [0.5, 0.6) is 0 Å². The van der Waals surface area contributed by atoms with E-state index < -0.39 is 23.7 Å². The molecule has 0 amide bonds. The average Bonchev–Trinajstić information content (AvgIpc) is 2.50. The number of hydrogen-bond acceptors (Lipinski definition) is 3. The fourth-order valence-corrected chi connectivity index (χ4v) is 1.65. The summed E-state index contributed by atoms with van der Waals surface area (Å²) in [5.74, 6) is -2.47. The van der Waals surface area contributed by atoms with Crippen LogP contribution in [0.3, 0.4) is 0 Å². The first-order valence-electron chi connectivity index (χ1n) is 4.59. The highest BCUT2D eigenvalue weighted by molar-refractivity contribution is 5.97. The number of halogens is 1. The van der Waals surface area contributed by atoms with Gasteiger partial charge in [-0.2, -0.15) is 0 Å². The van der Waals surface area contributed by atoms with Crippen LogP contribution >= 0.6 is 0 Å². The summed E-state index contributed by atoms with van der Waals surface area (Å²) in [7, 11) is 0. The maximum absolute atomic E-state index is 13.6. The number of esters is 2. The van der Waals surface area contributed by atoms with Crippen LogP contribution in [-0.4, -0.2) is 11.9 Å². The maximum atomic E-state index is 13.6. The number of carbonyl (C=O) groups excluding carboxylic acids is 2. The van der Waals surface area contributed by atoms with Crippen LogP contribution in [0.1, 0.15) is 23.5 Å². The topological polar surface area (TPSA) is 43.4 Å². The van der Waals surface area contributed by atoms with E-state index in [1.807, 2.05) is 0 Å². The summed E-state index contributed by atoms with van der Waals surface area (Å²) in [6.45, 7) is 1.61. The SMILES string of the molecule is Cc1cccc(C2CC(=O)OC2=O)c1F. The van der Waals surface area contributed by atoms with Crippen molar-refractivity contribution in [1.82, 2.24) is 0 Å². The second-order valence-electron chi connectivity index (χ2n) is 3.53. The first-order chi connectivity index (χ1) is 7.09. The van der Waals surface area contributed by atoms with E-state index in [1.165, 1.54) is 6.07 Å². The predicted octanol–water partition coefficient (Wildman–Crippen LogP) is 1.69. The Kier molecular flexibility index (Phi) is 2.26. The highest BCUT2D eigenvalue weighted by Crippen LogP contribution is 2.30. The van der Waals surface area contributed by atoms with E-state index in [0.29, 0.717) is 5.56 Å². The molecule has 3 nitrogen and oxygen atoms in total. The van der Waals surface area contributed by atoms with Crippen molar-refractivity contribution in [2.24, 2.45) is 0 Å². The maximum Gasteiger partial charge on any atom is 0.321 e. The average molecular weight is 208 g/mol. The molecule has 4 heteroatoms. The van der Waals surface area contributed by atoms with Crippen LogP contribution < -0.4 is 0 Å². The number of ether oxygens (including phenoxy) is 1. The van der Waals surface area contributed by atoms with Gasteiger partial charge in [0.15, 0.2) is 0 Å². The molecule has 0 radical (unpaired) electrons. The lowest BCUT2D eigenvalue weighted by Gasteiger charge is -2.07. The van der Waals surface area contributed by atoms with Crippen molar-refractivity contribution in [3.05, 3.63) is 35.1 Å². The molecular formula is C11H9FO3. The Labute approximate surface area is 85.9 Å². The molecule has 1 aliphatic rings. The second-order valence-corrected chi connectivity index (χ2v) is 3.53. The fraction of sp³-hybridized carbons (Fsp3) is 0.273. The van der Waals surface area contributed by atoms with Gasteiger partial charge < -0.3 is 4.74 Å². The van der Waals surface area contributed by atoms with Gasteiger partial charge in [0.2, 0.25) is 0 Å². The van der Waals surface area contributed by atoms with Crippen molar-refractivity contribution in [3.8, 4) is 0 Å². The number of aryl methyl sites for hydroxylation is 1. The number of benzene rings is 1. The Morgan fingerprint density at radius 2 is 2.13 bits per heavy atom. The number of carbonyl (C=O) groups is 2. The Hall–Kier alpha value is -1.71. The Morgan fingerprint density at radius 3 is 2.73 bits per heavy atom. The predicted molar refractivity (Wildman–Crippen MR) is 49.6 cm³/mol. The van der Waals surface area contributed by atoms with E-state index in [4.69, 9.17) is 0 Å². The van der Waals surface area contributed by atoms with E-state index in [0.717, 1.165) is 0 Å². The van der Waals surface area contributed by atoms with Gasteiger partial charge >= 0.3 is 11.9 Å². The summed E-state index contributed by atoms with van der Waals surface area (Å²) >= 11 is 0. The third-order valence-electron chi connectivity index (χ3n) is 2.47. The smallest absolute Gasteiger partial charge is 0.321 e. The first-order valence-corrected chi connectivity index (χ1v) is 4.59. The lowest BCUT2D eigenvalue weighted by atomic mass is 9.95. The van der Waals surface area contributed by atoms with Crippen molar-refractivity contribution >= 4 is 11.9 Å². The van der Waals surface area contributed by atoms with Gasteiger partial charge in [0.1, 0.15) is 5.82 Å². The Balaban J connectivity index is 2.42. The Morgan fingerprint density at radius 1 is 1.40 bits per heavy atom. The first kappa shape index (κ1) is 9.83. The quantitative estimate of drug-likeness (QED) is 0.521. The minimum atomic E-state index is -0.780. The van der Waals surface area contributed by atoms with Gasteiger partial charge in [-0.05, 0) is 12.5 Å². The molecule has 15 heavy (non-hydrogen) atoms. The molecule has 2 rings (SSSR count). The van der Waals surface area contributed by atoms with E-state index in [9.17, 15) is 14.0 Å². The molecule has 1 fully saturated rings. The van der Waals surface area contributed by atoms with Crippen molar-refractivity contribution < 1.29 is 18.7 Å². The molecule has 0 spiro atoms. The third-order valence-corrected chi connectivity index (χ3v) is 2.47. The van der Waals surface area contributed by atoms with Crippen molar-refractivity contribution in [3.63, 3.8) is 0 Å². The molecule has 1 aromatic rings. The lowest BCUT2D eigenvalue weighted by Crippen LogP contribution is -2.08. The van der Waals surface area contributed by atoms with Crippen LogP contribution in [0.4, 0.5) is 4.39 Å². The Bertz CT molecular complexity index is 439. The molecule has 1 saturated heterocycles. The van der Waals surface area contributed by atoms with Crippen LogP contribution in [0.2, 0.25) is 0 Å². The second kappa shape index (κ2) is 3.46. The molecule has 0 aromatic heterocycles. The summed E-state index contributed by atoms with van der Waals surface area (Å²) in [5.41, 5.74) is 0.700. The summed E-state index contributed by atoms with van der Waals surface area (Å²) in [5, 5.41) is 0. The molecule has 1 aliphatic heterocycles. The van der Waals surface area contributed by atoms with E-state index >= 15 is 0 Å². The van der Waals surface area contributed by atoms with Crippen molar-refractivity contribution in [2.45, 2.75) is 19.3 Å². The molecular weight excluding hydrogens is 199 g/mol. The molecule has 78 valence electrons. The molecule has 0 N–H and O–H groups in total. The standard InChI is InChI=1S/C11H9FO3/c1-6-3-2-4-7(10(6)12)8-5-9(13)15-11(8)14/h2-4,8H,5H2,1H3. The zero-order valence-corrected chi connectivity index (χ0v) is 8.12. The third kappa shape index (κ3) is 1.63. The molecule has 1 atom stereocenters. The van der Waals surface area contributed by atoms with Crippen molar-refractivity contribution in [2.75, 3.05) is 0 Å². The monoisotopic (exact) mass is 208 g/mol. The van der Waals surface area contributed by atoms with Gasteiger partial charge in [-0.3, -0.25) is 9.59 Å². The highest BCUT2D eigenvalue weighted by Gasteiger charge is 2.36. The molecule has 1 aromatic carbocycles. The largest absolute Gasteiger partial charge is 0.393 e. The normalized spacial score (nSPS) is 20.5. The van der Waals surface area contributed by atoms with E-state index in [1.54, 1.807) is 19.1 Å². The van der Waals surface area contributed by atoms with Crippen LogP contribution in [0.15, 0.2) is 18.2 Å². The molecule has 1 heterocycles. The summed E-state index contributed by atoms with van der Waals surface area (Å²) in [4.78, 5) is 22.1. The zero-order valence-electron chi connectivity index (χ0n) is 8.12. The van der Waals surface area contributed by atoms with Gasteiger partial charge in [0, 0.05) is 5.56 Å². The van der Waals surface area contributed by atoms with Gasteiger partial charge in [-0.25, -0.2) is 4.39 Å². The highest BCUT2D eigenvalue weighted by atomic mass is 19.1. The van der Waals surface area contributed by atoms with Gasteiger partial charge in [-0.1, -0.05) is 18.2 Å². The van der Waals surface area contributed by atoms with Crippen LogP contribution in [0, 0.1) is 12.7 Å². The number of rotatable bonds is 1. The summed E-state index contributed by atoms with van der Waals surface area (Å²) in [6.07, 6.45) is -0.0702.